The van der Waals surface area contributed by atoms with Gasteiger partial charge in [0, 0.05) is 19.6 Å². The summed E-state index contributed by atoms with van der Waals surface area (Å²) in [5.41, 5.74) is -0.199. The van der Waals surface area contributed by atoms with Crippen LogP contribution in [0.2, 0.25) is 0 Å². The van der Waals surface area contributed by atoms with Crippen LogP contribution in [0.5, 0.6) is 5.75 Å². The van der Waals surface area contributed by atoms with E-state index in [-0.39, 0.29) is 22.8 Å². The van der Waals surface area contributed by atoms with E-state index in [1.807, 2.05) is 13.8 Å². The van der Waals surface area contributed by atoms with Gasteiger partial charge in [0.15, 0.2) is 0 Å². The minimum atomic E-state index is -2.94. The van der Waals surface area contributed by atoms with Crippen LogP contribution in [0, 0.1) is 0 Å². The number of halogens is 2. The van der Waals surface area contributed by atoms with Crippen LogP contribution >= 0.6 is 0 Å². The Morgan fingerprint density at radius 2 is 2.10 bits per heavy atom. The fraction of sp³-hybridized carbons (Fsp3) is 0.500. The van der Waals surface area contributed by atoms with Crippen LogP contribution in [0.4, 0.5) is 8.78 Å². The van der Waals surface area contributed by atoms with Gasteiger partial charge in [0.1, 0.15) is 5.75 Å². The number of piperazine rings is 1. The molecule has 0 aromatic heterocycles. The van der Waals surface area contributed by atoms with Gasteiger partial charge in [-0.3, -0.25) is 4.79 Å². The standard InChI is InChI=1S/C14H18F2N2O2/c1-14(2)9-17-7-8-18(14)12(19)10-5-3-4-6-11(10)20-13(15)16/h3-6,13,17H,7-9H2,1-2H3. The van der Waals surface area contributed by atoms with Crippen molar-refractivity contribution in [1.82, 2.24) is 10.2 Å². The summed E-state index contributed by atoms with van der Waals surface area (Å²) < 4.78 is 29.2. The van der Waals surface area contributed by atoms with E-state index in [4.69, 9.17) is 0 Å². The molecule has 0 radical (unpaired) electrons. The number of para-hydroxylation sites is 1. The second-order valence-electron chi connectivity index (χ2n) is 5.32. The molecule has 0 bridgehead atoms. The first-order valence-electron chi connectivity index (χ1n) is 6.48. The minimum Gasteiger partial charge on any atom is -0.434 e. The number of carbonyl (C=O) groups is 1. The number of nitrogens with one attached hydrogen (secondary N) is 1. The number of alkyl halides is 2. The predicted octanol–water partition coefficient (Wildman–Crippen LogP) is 2.11. The van der Waals surface area contributed by atoms with E-state index in [1.165, 1.54) is 12.1 Å². The van der Waals surface area contributed by atoms with Crippen molar-refractivity contribution >= 4 is 5.91 Å². The molecule has 1 aliphatic heterocycles. The first kappa shape index (κ1) is 14.7. The maximum absolute atomic E-state index is 12.6. The van der Waals surface area contributed by atoms with Crippen molar-refractivity contribution in [3.8, 4) is 5.75 Å². The van der Waals surface area contributed by atoms with Crippen LogP contribution in [0.15, 0.2) is 24.3 Å². The van der Waals surface area contributed by atoms with E-state index >= 15 is 0 Å². The molecule has 1 saturated heterocycles. The highest BCUT2D eigenvalue weighted by Crippen LogP contribution is 2.26. The van der Waals surface area contributed by atoms with Gasteiger partial charge in [0.2, 0.25) is 0 Å². The Labute approximate surface area is 116 Å². The highest BCUT2D eigenvalue weighted by Gasteiger charge is 2.34. The summed E-state index contributed by atoms with van der Waals surface area (Å²) in [5.74, 6) is -0.366. The first-order valence-corrected chi connectivity index (χ1v) is 6.48. The SMILES string of the molecule is CC1(C)CNCCN1C(=O)c1ccccc1OC(F)F. The molecule has 4 nitrogen and oxygen atoms in total. The van der Waals surface area contributed by atoms with E-state index in [0.717, 1.165) is 0 Å². The molecular formula is C14H18F2N2O2. The fourth-order valence-corrected chi connectivity index (χ4v) is 2.35. The van der Waals surface area contributed by atoms with Crippen LogP contribution < -0.4 is 10.1 Å². The normalized spacial score (nSPS) is 18.1. The maximum Gasteiger partial charge on any atom is 0.387 e. The van der Waals surface area contributed by atoms with Gasteiger partial charge in [-0.05, 0) is 26.0 Å². The summed E-state index contributed by atoms with van der Waals surface area (Å²) in [6.07, 6.45) is 0. The van der Waals surface area contributed by atoms with Crippen LogP contribution in [0.3, 0.4) is 0 Å². The van der Waals surface area contributed by atoms with Gasteiger partial charge in [-0.25, -0.2) is 0 Å². The summed E-state index contributed by atoms with van der Waals surface area (Å²) in [7, 11) is 0. The largest absolute Gasteiger partial charge is 0.434 e. The van der Waals surface area contributed by atoms with Crippen LogP contribution in [0.1, 0.15) is 24.2 Å². The second-order valence-corrected chi connectivity index (χ2v) is 5.32. The smallest absolute Gasteiger partial charge is 0.387 e. The van der Waals surface area contributed by atoms with Crippen molar-refractivity contribution in [3.63, 3.8) is 0 Å². The van der Waals surface area contributed by atoms with Gasteiger partial charge < -0.3 is 15.0 Å². The summed E-state index contributed by atoms with van der Waals surface area (Å²) in [6.45, 7) is 2.82. The summed E-state index contributed by atoms with van der Waals surface area (Å²) in [4.78, 5) is 14.3. The van der Waals surface area contributed by atoms with Crippen LogP contribution in [-0.4, -0.2) is 42.6 Å². The molecule has 0 atom stereocenters. The second kappa shape index (κ2) is 5.75. The van der Waals surface area contributed by atoms with Crippen molar-refractivity contribution < 1.29 is 18.3 Å². The average molecular weight is 284 g/mol. The molecule has 0 unspecified atom stereocenters. The highest BCUT2D eigenvalue weighted by atomic mass is 19.3. The number of nitrogens with zero attached hydrogens (tertiary/aromatic N) is 1. The molecule has 20 heavy (non-hydrogen) atoms. The van der Waals surface area contributed by atoms with E-state index < -0.39 is 6.61 Å². The Balaban J connectivity index is 2.28. The van der Waals surface area contributed by atoms with Crippen molar-refractivity contribution in [1.29, 1.82) is 0 Å². The Bertz CT molecular complexity index is 492. The van der Waals surface area contributed by atoms with Crippen molar-refractivity contribution in [2.24, 2.45) is 0 Å². The monoisotopic (exact) mass is 284 g/mol. The molecule has 1 fully saturated rings. The Kier molecular flexibility index (Phi) is 4.23. The van der Waals surface area contributed by atoms with E-state index in [1.54, 1.807) is 17.0 Å². The molecule has 1 aromatic rings. The summed E-state index contributed by atoms with van der Waals surface area (Å²) >= 11 is 0. The number of amides is 1. The first-order chi connectivity index (χ1) is 9.42. The number of hydrogen-bond donors (Lipinski definition) is 1. The Hall–Kier alpha value is -1.69. The fourth-order valence-electron chi connectivity index (χ4n) is 2.35. The van der Waals surface area contributed by atoms with Crippen molar-refractivity contribution in [2.75, 3.05) is 19.6 Å². The van der Waals surface area contributed by atoms with E-state index in [0.29, 0.717) is 19.6 Å². The predicted molar refractivity (Wildman–Crippen MR) is 71.1 cm³/mol. The van der Waals surface area contributed by atoms with Gasteiger partial charge in [0.05, 0.1) is 11.1 Å². The van der Waals surface area contributed by atoms with Crippen LogP contribution in [0.25, 0.3) is 0 Å². The van der Waals surface area contributed by atoms with Gasteiger partial charge in [-0.1, -0.05) is 12.1 Å². The number of benzene rings is 1. The van der Waals surface area contributed by atoms with Gasteiger partial charge in [0.25, 0.3) is 5.91 Å². The molecule has 1 aromatic carbocycles. The molecule has 2 rings (SSSR count). The lowest BCUT2D eigenvalue weighted by Crippen LogP contribution is -2.59. The summed E-state index contributed by atoms with van der Waals surface area (Å²) in [6, 6.07) is 6.10. The zero-order chi connectivity index (χ0) is 14.8. The van der Waals surface area contributed by atoms with Gasteiger partial charge in [-0.15, -0.1) is 0 Å². The number of carbonyl (C=O) groups excluding carboxylic acids is 1. The molecule has 0 saturated carbocycles. The average Bonchev–Trinajstić information content (AvgIpc) is 2.37. The van der Waals surface area contributed by atoms with Crippen molar-refractivity contribution in [2.45, 2.75) is 26.0 Å². The molecule has 0 spiro atoms. The molecule has 0 aliphatic carbocycles. The lowest BCUT2D eigenvalue weighted by molar-refractivity contribution is -0.0504. The number of ether oxygens (including phenoxy) is 1. The molecule has 110 valence electrons. The molecule has 1 heterocycles. The zero-order valence-corrected chi connectivity index (χ0v) is 11.5. The maximum atomic E-state index is 12.6. The van der Waals surface area contributed by atoms with Crippen LogP contribution in [-0.2, 0) is 0 Å². The third-order valence-corrected chi connectivity index (χ3v) is 3.38. The van der Waals surface area contributed by atoms with Gasteiger partial charge >= 0.3 is 6.61 Å². The highest BCUT2D eigenvalue weighted by molar-refractivity contribution is 5.97. The molecule has 1 amide bonds. The third-order valence-electron chi connectivity index (χ3n) is 3.38. The number of hydrogen-bond acceptors (Lipinski definition) is 3. The van der Waals surface area contributed by atoms with E-state index in [2.05, 4.69) is 10.1 Å². The topological polar surface area (TPSA) is 41.6 Å². The molecule has 1 N–H and O–H groups in total. The molecule has 6 heteroatoms. The lowest BCUT2D eigenvalue weighted by Gasteiger charge is -2.43. The summed E-state index contributed by atoms with van der Waals surface area (Å²) in [5, 5.41) is 3.21. The van der Waals surface area contributed by atoms with Gasteiger partial charge in [-0.2, -0.15) is 8.78 Å². The minimum absolute atomic E-state index is 0.0816. The Morgan fingerprint density at radius 3 is 2.75 bits per heavy atom. The molecule has 1 aliphatic rings. The lowest BCUT2D eigenvalue weighted by atomic mass is 9.98. The third kappa shape index (κ3) is 3.07. The molecular weight excluding hydrogens is 266 g/mol. The number of rotatable bonds is 3. The van der Waals surface area contributed by atoms with E-state index in [9.17, 15) is 13.6 Å². The quantitative estimate of drug-likeness (QED) is 0.924. The van der Waals surface area contributed by atoms with Crippen molar-refractivity contribution in [3.05, 3.63) is 29.8 Å². The Morgan fingerprint density at radius 1 is 1.40 bits per heavy atom. The zero-order valence-electron chi connectivity index (χ0n) is 11.5.